The Hall–Kier alpha value is -6.56. The predicted octanol–water partition coefficient (Wildman–Crippen LogP) is 6.83. The second-order valence-electron chi connectivity index (χ2n) is 12.5. The number of ketones is 4. The van der Waals surface area contributed by atoms with Gasteiger partial charge in [-0.3, -0.25) is 38.4 Å². The number of hydrogen-bond donors (Lipinski definition) is 2. The summed E-state index contributed by atoms with van der Waals surface area (Å²) in [4.78, 5) is 98.5. The lowest BCUT2D eigenvalue weighted by atomic mass is 9.86. The first-order valence-corrected chi connectivity index (χ1v) is 18.1. The van der Waals surface area contributed by atoms with Gasteiger partial charge in [-0.25, -0.2) is 0 Å². The highest BCUT2D eigenvalue weighted by molar-refractivity contribution is 6.11. The minimum absolute atomic E-state index is 0.00534. The first-order chi connectivity index (χ1) is 26.9. The molecule has 4 unspecified atom stereocenters. The Kier molecular flexibility index (Phi) is 17.7. The lowest BCUT2D eigenvalue weighted by molar-refractivity contribution is -0.149. The van der Waals surface area contributed by atoms with Gasteiger partial charge >= 0.3 is 23.9 Å². The average Bonchev–Trinajstić information content (AvgIpc) is 3.21. The maximum Gasteiger partial charge on any atom is 0.316 e. The van der Waals surface area contributed by atoms with E-state index in [0.29, 0.717) is 11.1 Å². The maximum absolute atomic E-state index is 12.9. The van der Waals surface area contributed by atoms with Gasteiger partial charge in [0.2, 0.25) is 0 Å². The summed E-state index contributed by atoms with van der Waals surface area (Å²) in [6.45, 7) is 3.56. The Morgan fingerprint density at radius 1 is 0.393 bits per heavy atom. The van der Waals surface area contributed by atoms with Crippen molar-refractivity contribution in [3.8, 4) is 0 Å². The van der Waals surface area contributed by atoms with E-state index in [1.807, 2.05) is 0 Å². The number of aliphatic carboxylic acids is 2. The standard InChI is InChI=1S/C24H26O6.C20H18O6/c1-3-29-23(27)19(21(25)17-11-7-5-8-12-17)15-16-20(24(28)30-4-2)22(26)18-13-9-6-10-14-18;21-17(13-7-3-1-4-8-13)15(19(23)24)11-12-16(20(25)26)18(22)14-9-5-2-6-10-14/h5-14,19-20H,3-4,15-16H2,1-2H3;1-10,15-16H,11-12H2,(H,23,24)(H,25,26). The van der Waals surface area contributed by atoms with Crippen molar-refractivity contribution < 1.29 is 58.0 Å². The van der Waals surface area contributed by atoms with Crippen LogP contribution in [0.5, 0.6) is 0 Å². The molecule has 292 valence electrons. The van der Waals surface area contributed by atoms with Crippen molar-refractivity contribution in [2.45, 2.75) is 39.5 Å². The van der Waals surface area contributed by atoms with E-state index in [1.165, 1.54) is 24.3 Å². The molecular formula is C44H44O12. The second kappa shape index (κ2) is 22.6. The minimum atomic E-state index is -1.40. The highest BCUT2D eigenvalue weighted by Crippen LogP contribution is 2.24. The lowest BCUT2D eigenvalue weighted by Crippen LogP contribution is -2.31. The number of carbonyl (C=O) groups excluding carboxylic acids is 6. The van der Waals surface area contributed by atoms with Gasteiger partial charge in [0.1, 0.15) is 23.7 Å². The Bertz CT molecular complexity index is 1800. The van der Waals surface area contributed by atoms with Gasteiger partial charge in [0.05, 0.1) is 13.2 Å². The Balaban J connectivity index is 0.000000303. The number of rotatable bonds is 20. The molecule has 0 saturated carbocycles. The van der Waals surface area contributed by atoms with E-state index in [2.05, 4.69) is 0 Å². The van der Waals surface area contributed by atoms with E-state index in [9.17, 15) is 48.6 Å². The maximum atomic E-state index is 12.9. The summed E-state index contributed by atoms with van der Waals surface area (Å²) in [7, 11) is 0. The number of ether oxygens (including phenoxy) is 2. The smallest absolute Gasteiger partial charge is 0.316 e. The molecule has 4 aromatic rings. The zero-order valence-corrected chi connectivity index (χ0v) is 31.1. The fourth-order valence-electron chi connectivity index (χ4n) is 5.81. The van der Waals surface area contributed by atoms with Gasteiger partial charge in [-0.15, -0.1) is 0 Å². The van der Waals surface area contributed by atoms with Gasteiger partial charge in [-0.05, 0) is 39.5 Å². The van der Waals surface area contributed by atoms with E-state index in [1.54, 1.807) is 111 Å². The molecule has 0 spiro atoms. The van der Waals surface area contributed by atoms with Crippen molar-refractivity contribution in [3.05, 3.63) is 144 Å². The topological polar surface area (TPSA) is 195 Å². The van der Waals surface area contributed by atoms with E-state index in [-0.39, 0.29) is 50.0 Å². The molecular weight excluding hydrogens is 720 g/mol. The summed E-state index contributed by atoms with van der Waals surface area (Å²) in [6, 6.07) is 32.7. The summed E-state index contributed by atoms with van der Waals surface area (Å²) in [6.07, 6.45) is -0.486. The highest BCUT2D eigenvalue weighted by atomic mass is 16.5. The van der Waals surface area contributed by atoms with Crippen molar-refractivity contribution in [2.24, 2.45) is 23.7 Å². The quantitative estimate of drug-likeness (QED) is 0.0542. The van der Waals surface area contributed by atoms with Gasteiger partial charge < -0.3 is 19.7 Å². The predicted molar refractivity (Wildman–Crippen MR) is 204 cm³/mol. The van der Waals surface area contributed by atoms with Crippen molar-refractivity contribution in [1.29, 1.82) is 0 Å². The lowest BCUT2D eigenvalue weighted by Gasteiger charge is -2.18. The molecule has 2 N–H and O–H groups in total. The number of Topliss-reactive ketones (excluding diaryl/α,β-unsaturated/α-hetero) is 4. The molecule has 4 aromatic carbocycles. The number of carboxylic acid groups (broad SMARTS) is 2. The summed E-state index contributed by atoms with van der Waals surface area (Å²) in [5.41, 5.74) is 1.22. The van der Waals surface area contributed by atoms with E-state index in [4.69, 9.17) is 9.47 Å². The average molecular weight is 765 g/mol. The molecule has 0 radical (unpaired) electrons. The third-order valence-electron chi connectivity index (χ3n) is 8.73. The van der Waals surface area contributed by atoms with Crippen LogP contribution in [0.3, 0.4) is 0 Å². The number of carbonyl (C=O) groups is 8. The third-order valence-corrected chi connectivity index (χ3v) is 8.73. The first-order valence-electron chi connectivity index (χ1n) is 18.1. The van der Waals surface area contributed by atoms with Crippen LogP contribution in [-0.2, 0) is 28.7 Å². The summed E-state index contributed by atoms with van der Waals surface area (Å²) in [5.74, 6) is -11.0. The minimum Gasteiger partial charge on any atom is -0.481 e. The molecule has 0 bridgehead atoms. The van der Waals surface area contributed by atoms with Crippen molar-refractivity contribution in [3.63, 3.8) is 0 Å². The van der Waals surface area contributed by atoms with Crippen LogP contribution >= 0.6 is 0 Å². The van der Waals surface area contributed by atoms with Crippen LogP contribution in [0, 0.1) is 23.7 Å². The summed E-state index contributed by atoms with van der Waals surface area (Å²) in [5, 5.41) is 18.7. The fraction of sp³-hybridized carbons (Fsp3) is 0.273. The molecule has 0 aliphatic heterocycles. The van der Waals surface area contributed by atoms with Crippen molar-refractivity contribution in [2.75, 3.05) is 13.2 Å². The van der Waals surface area contributed by atoms with Crippen LogP contribution < -0.4 is 0 Å². The summed E-state index contributed by atoms with van der Waals surface area (Å²) >= 11 is 0. The molecule has 0 aliphatic carbocycles. The third kappa shape index (κ3) is 12.8. The van der Waals surface area contributed by atoms with Gasteiger partial charge in [0.25, 0.3) is 0 Å². The molecule has 0 saturated heterocycles. The number of benzene rings is 4. The molecule has 0 aliphatic rings. The second-order valence-corrected chi connectivity index (χ2v) is 12.5. The summed E-state index contributed by atoms with van der Waals surface area (Å²) < 4.78 is 10.1. The Labute approximate surface area is 324 Å². The SMILES string of the molecule is CCOC(=O)C(CCC(C(=O)OCC)C(=O)c1ccccc1)C(=O)c1ccccc1.O=C(O)C(CCC(C(=O)O)C(=O)c1ccccc1)C(=O)c1ccccc1. The number of carboxylic acids is 2. The van der Waals surface area contributed by atoms with Crippen LogP contribution in [0.4, 0.5) is 0 Å². The zero-order chi connectivity index (χ0) is 41.0. The van der Waals surface area contributed by atoms with Crippen molar-refractivity contribution >= 4 is 47.0 Å². The largest absolute Gasteiger partial charge is 0.481 e. The monoisotopic (exact) mass is 764 g/mol. The highest BCUT2D eigenvalue weighted by Gasteiger charge is 2.35. The van der Waals surface area contributed by atoms with Crippen LogP contribution in [0.2, 0.25) is 0 Å². The molecule has 56 heavy (non-hydrogen) atoms. The fourth-order valence-corrected chi connectivity index (χ4v) is 5.81. The van der Waals surface area contributed by atoms with Crippen LogP contribution in [0.15, 0.2) is 121 Å². The Morgan fingerprint density at radius 3 is 0.821 bits per heavy atom. The van der Waals surface area contributed by atoms with Gasteiger partial charge in [-0.1, -0.05) is 121 Å². The zero-order valence-electron chi connectivity index (χ0n) is 31.1. The molecule has 0 heterocycles. The first kappa shape index (κ1) is 43.8. The molecule has 0 aromatic heterocycles. The van der Waals surface area contributed by atoms with E-state index < -0.39 is 70.7 Å². The van der Waals surface area contributed by atoms with Crippen molar-refractivity contribution in [1.82, 2.24) is 0 Å². The van der Waals surface area contributed by atoms with E-state index >= 15 is 0 Å². The molecule has 4 atom stereocenters. The normalized spacial score (nSPS) is 12.6. The molecule has 0 amide bonds. The van der Waals surface area contributed by atoms with Crippen LogP contribution in [-0.4, -0.2) is 70.4 Å². The van der Waals surface area contributed by atoms with E-state index in [0.717, 1.165) is 0 Å². The van der Waals surface area contributed by atoms with Crippen LogP contribution in [0.1, 0.15) is 81.0 Å². The van der Waals surface area contributed by atoms with Gasteiger partial charge in [0, 0.05) is 22.3 Å². The molecule has 12 heteroatoms. The molecule has 4 rings (SSSR count). The van der Waals surface area contributed by atoms with Crippen LogP contribution in [0.25, 0.3) is 0 Å². The molecule has 12 nitrogen and oxygen atoms in total. The number of esters is 2. The van der Waals surface area contributed by atoms with Gasteiger partial charge in [0.15, 0.2) is 23.1 Å². The molecule has 0 fully saturated rings. The Morgan fingerprint density at radius 2 is 0.607 bits per heavy atom. The number of hydrogen-bond acceptors (Lipinski definition) is 10. The van der Waals surface area contributed by atoms with Gasteiger partial charge in [-0.2, -0.15) is 0 Å².